The Kier molecular flexibility index (Phi) is 6.07. The summed E-state index contributed by atoms with van der Waals surface area (Å²) in [6, 6.07) is 0. The van der Waals surface area contributed by atoms with Gasteiger partial charge in [-0.1, -0.05) is 5.16 Å². The molecule has 0 bridgehead atoms. The van der Waals surface area contributed by atoms with Crippen LogP contribution in [-0.2, 0) is 33.9 Å². The van der Waals surface area contributed by atoms with E-state index in [0.717, 1.165) is 11.3 Å². The number of hydrogen-bond donors (Lipinski definition) is 3. The molecule has 13 nitrogen and oxygen atoms in total. The second-order valence-corrected chi connectivity index (χ2v) is 8.19. The first-order valence-electron chi connectivity index (χ1n) is 7.67. The number of carbonyl (C=O) groups excluding carboxylic acids is 2. The molecule has 0 aliphatic carbocycles. The van der Waals surface area contributed by atoms with Crippen molar-refractivity contribution in [3.05, 3.63) is 23.4 Å². The lowest BCUT2D eigenvalue weighted by Crippen LogP contribution is -2.68. The largest absolute Gasteiger partial charge is 0.475 e. The molecule has 1 aliphatic rings. The zero-order valence-electron chi connectivity index (χ0n) is 15.1. The Hall–Kier alpha value is -2.88. The zero-order chi connectivity index (χ0) is 22.1. The highest BCUT2D eigenvalue weighted by molar-refractivity contribution is 7.80. The molecular formula is C14H16N4O9S2. The summed E-state index contributed by atoms with van der Waals surface area (Å²) in [6.07, 6.45) is -0.462. The Morgan fingerprint density at radius 2 is 2.10 bits per heavy atom. The summed E-state index contributed by atoms with van der Waals surface area (Å²) in [5.41, 5.74) is 3.86. The smallest absolute Gasteiger partial charge is 0.418 e. The highest BCUT2D eigenvalue weighted by Crippen LogP contribution is 2.40. The number of hydroxylamine groups is 2. The minimum absolute atomic E-state index is 0.00805. The van der Waals surface area contributed by atoms with Crippen LogP contribution in [0.3, 0.4) is 0 Å². The van der Waals surface area contributed by atoms with E-state index in [1.165, 1.54) is 19.2 Å². The number of Topliss-reactive ketones (excluding diaryl/α,β-unsaturated/α-hetero) is 1. The Morgan fingerprint density at radius 1 is 1.48 bits per heavy atom. The first kappa shape index (κ1) is 22.4. The van der Waals surface area contributed by atoms with E-state index in [9.17, 15) is 22.8 Å². The standard InChI is InChI=1S/C14H16N4O9S2/c1-6(12(21)22)26-17-10(8-5-28-13(15)16-8)9(19)4-7-11(20)18(14(7,2)3)27-29(23,24)25/h5,7H,1,4H2,2-3H3,(H2,15,16)(H,21,22)(H,23,24,25)/b17-10-. The van der Waals surface area contributed by atoms with Gasteiger partial charge in [0.25, 0.3) is 5.91 Å². The summed E-state index contributed by atoms with van der Waals surface area (Å²) in [7, 11) is -4.93. The molecule has 4 N–H and O–H groups in total. The number of carboxylic acids is 1. The molecule has 1 aliphatic heterocycles. The first-order chi connectivity index (χ1) is 13.2. The van der Waals surface area contributed by atoms with Crippen LogP contribution in [0.25, 0.3) is 0 Å². The van der Waals surface area contributed by atoms with Crippen LogP contribution in [0.4, 0.5) is 5.13 Å². The Morgan fingerprint density at radius 3 is 2.55 bits per heavy atom. The highest BCUT2D eigenvalue weighted by atomic mass is 32.3. The number of aromatic nitrogens is 1. The number of nitrogen functional groups attached to an aromatic ring is 1. The molecule has 1 atom stereocenters. The van der Waals surface area contributed by atoms with Gasteiger partial charge in [-0.2, -0.15) is 13.5 Å². The summed E-state index contributed by atoms with van der Waals surface area (Å²) in [5.74, 6) is -4.92. The average molecular weight is 448 g/mol. The Labute approximate surface area is 168 Å². The van der Waals surface area contributed by atoms with Gasteiger partial charge in [0.1, 0.15) is 5.69 Å². The van der Waals surface area contributed by atoms with Crippen molar-refractivity contribution in [1.29, 1.82) is 0 Å². The van der Waals surface area contributed by atoms with Crippen LogP contribution in [0.5, 0.6) is 0 Å². The van der Waals surface area contributed by atoms with Crippen LogP contribution in [-0.4, -0.2) is 57.0 Å². The van der Waals surface area contributed by atoms with E-state index in [1.807, 2.05) is 0 Å². The van der Waals surface area contributed by atoms with E-state index in [2.05, 4.69) is 25.8 Å². The maximum absolute atomic E-state index is 12.7. The molecule has 0 spiro atoms. The maximum atomic E-state index is 12.7. The van der Waals surface area contributed by atoms with Gasteiger partial charge in [-0.05, 0) is 20.4 Å². The molecule has 1 saturated heterocycles. The number of aliphatic carboxylic acids is 1. The maximum Gasteiger partial charge on any atom is 0.418 e. The number of rotatable bonds is 9. The number of ketones is 1. The van der Waals surface area contributed by atoms with Crippen molar-refractivity contribution < 1.29 is 41.6 Å². The van der Waals surface area contributed by atoms with Crippen LogP contribution < -0.4 is 5.73 Å². The molecule has 158 valence electrons. The summed E-state index contributed by atoms with van der Waals surface area (Å²) in [6.45, 7) is 5.94. The van der Waals surface area contributed by atoms with Crippen molar-refractivity contribution in [2.45, 2.75) is 25.8 Å². The van der Waals surface area contributed by atoms with Crippen molar-refractivity contribution in [3.63, 3.8) is 0 Å². The average Bonchev–Trinajstić information content (AvgIpc) is 3.02. The molecular weight excluding hydrogens is 432 g/mol. The number of amides is 1. The minimum Gasteiger partial charge on any atom is -0.475 e. The molecule has 29 heavy (non-hydrogen) atoms. The fourth-order valence-electron chi connectivity index (χ4n) is 2.43. The number of anilines is 1. The number of carboxylic acid groups (broad SMARTS) is 1. The van der Waals surface area contributed by atoms with Gasteiger partial charge in [-0.15, -0.1) is 15.6 Å². The van der Waals surface area contributed by atoms with Gasteiger partial charge in [-0.25, -0.2) is 9.78 Å². The summed E-state index contributed by atoms with van der Waals surface area (Å²) in [4.78, 5) is 44.2. The van der Waals surface area contributed by atoms with Crippen molar-refractivity contribution >= 4 is 50.2 Å². The lowest BCUT2D eigenvalue weighted by molar-refractivity contribution is -0.228. The van der Waals surface area contributed by atoms with Gasteiger partial charge < -0.3 is 15.7 Å². The molecule has 1 amide bonds. The van der Waals surface area contributed by atoms with Crippen LogP contribution in [0.1, 0.15) is 26.0 Å². The summed E-state index contributed by atoms with van der Waals surface area (Å²) in [5, 5.41) is 14.2. The van der Waals surface area contributed by atoms with E-state index in [4.69, 9.17) is 15.4 Å². The predicted molar refractivity (Wildman–Crippen MR) is 97.6 cm³/mol. The van der Waals surface area contributed by atoms with E-state index in [-0.39, 0.29) is 10.8 Å². The predicted octanol–water partition coefficient (Wildman–Crippen LogP) is -0.0251. The monoisotopic (exact) mass is 448 g/mol. The molecule has 1 fully saturated rings. The molecule has 2 rings (SSSR count). The number of carbonyl (C=O) groups is 3. The van der Waals surface area contributed by atoms with E-state index < -0.39 is 57.4 Å². The van der Waals surface area contributed by atoms with Crippen LogP contribution in [0, 0.1) is 5.92 Å². The first-order valence-corrected chi connectivity index (χ1v) is 9.91. The molecule has 0 radical (unpaired) electrons. The molecule has 15 heteroatoms. The number of thiazole rings is 1. The molecule has 1 aromatic heterocycles. The second kappa shape index (κ2) is 7.86. The topological polar surface area (TPSA) is 199 Å². The number of hydrogen-bond acceptors (Lipinski definition) is 11. The fourth-order valence-corrected chi connectivity index (χ4v) is 3.43. The third-order valence-corrected chi connectivity index (χ3v) is 4.96. The molecule has 1 unspecified atom stereocenters. The van der Waals surface area contributed by atoms with Crippen LogP contribution >= 0.6 is 11.3 Å². The molecule has 1 aromatic rings. The number of β-lactam (4-membered cyclic amide) rings is 1. The number of oxime groups is 1. The Balaban J connectivity index is 2.24. The summed E-state index contributed by atoms with van der Waals surface area (Å²) < 4.78 is 34.7. The normalized spacial score (nSPS) is 18.9. The second-order valence-electron chi connectivity index (χ2n) is 6.30. The SMILES string of the molecule is C=C(O/N=C(\C(=O)CC1C(=O)N(OS(=O)(=O)O)C1(C)C)c1csc(N)n1)C(=O)O. The summed E-state index contributed by atoms with van der Waals surface area (Å²) >= 11 is 0.986. The third kappa shape index (κ3) is 4.94. The van der Waals surface area contributed by atoms with Gasteiger partial charge in [0.2, 0.25) is 5.76 Å². The Bertz CT molecular complexity index is 1010. The minimum atomic E-state index is -4.93. The van der Waals surface area contributed by atoms with Crippen molar-refractivity contribution in [3.8, 4) is 0 Å². The van der Waals surface area contributed by atoms with Crippen molar-refractivity contribution in [1.82, 2.24) is 10.0 Å². The number of nitrogens with two attached hydrogens (primary N) is 1. The lowest BCUT2D eigenvalue weighted by Gasteiger charge is -2.50. The van der Waals surface area contributed by atoms with Gasteiger partial charge in [0.05, 0.1) is 11.5 Å². The molecule has 0 aromatic carbocycles. The van der Waals surface area contributed by atoms with Crippen molar-refractivity contribution in [2.24, 2.45) is 11.1 Å². The van der Waals surface area contributed by atoms with Crippen LogP contribution in [0.15, 0.2) is 22.9 Å². The molecule has 0 saturated carbocycles. The molecule has 2 heterocycles. The van der Waals surface area contributed by atoms with Gasteiger partial charge in [0, 0.05) is 11.8 Å². The van der Waals surface area contributed by atoms with Gasteiger partial charge >= 0.3 is 16.4 Å². The quantitative estimate of drug-likeness (QED) is 0.114. The van der Waals surface area contributed by atoms with Crippen LogP contribution in [0.2, 0.25) is 0 Å². The van der Waals surface area contributed by atoms with E-state index in [0.29, 0.717) is 5.06 Å². The zero-order valence-corrected chi connectivity index (χ0v) is 16.7. The van der Waals surface area contributed by atoms with Gasteiger partial charge in [0.15, 0.2) is 16.6 Å². The van der Waals surface area contributed by atoms with E-state index in [1.54, 1.807) is 0 Å². The van der Waals surface area contributed by atoms with Crippen molar-refractivity contribution in [2.75, 3.05) is 5.73 Å². The lowest BCUT2D eigenvalue weighted by atomic mass is 9.74. The van der Waals surface area contributed by atoms with Gasteiger partial charge in [-0.3, -0.25) is 14.1 Å². The number of nitrogens with zero attached hydrogens (tertiary/aromatic N) is 3. The fraction of sp³-hybridized carbons (Fsp3) is 0.357. The highest BCUT2D eigenvalue weighted by Gasteiger charge is 2.57. The van der Waals surface area contributed by atoms with E-state index >= 15 is 0 Å². The third-order valence-electron chi connectivity index (χ3n) is 3.95.